The molecule has 0 aliphatic rings. The van der Waals surface area contributed by atoms with E-state index in [1.807, 2.05) is 48.7 Å². The summed E-state index contributed by atoms with van der Waals surface area (Å²) >= 11 is 12.3. The molecule has 0 radical (unpaired) electrons. The van der Waals surface area contributed by atoms with Crippen molar-refractivity contribution in [3.05, 3.63) is 107 Å². The maximum atomic E-state index is 6.18. The van der Waals surface area contributed by atoms with Crippen LogP contribution in [0.3, 0.4) is 0 Å². The summed E-state index contributed by atoms with van der Waals surface area (Å²) in [5.74, 6) is 0.869. The number of benzene rings is 3. The molecular weight excluding hydrogens is 399 g/mol. The number of pyridine rings is 1. The Morgan fingerprint density at radius 2 is 1.24 bits per heavy atom. The fourth-order valence-corrected chi connectivity index (χ4v) is 4.01. The molecule has 0 atom stereocenters. The highest BCUT2D eigenvalue weighted by Crippen LogP contribution is 2.42. The lowest BCUT2D eigenvalue weighted by atomic mass is 9.98. The molecule has 0 saturated heterocycles. The number of nitrogens with zero attached hydrogens (tertiary/aromatic N) is 2. The van der Waals surface area contributed by atoms with Gasteiger partial charge in [-0.1, -0.05) is 71.7 Å². The van der Waals surface area contributed by atoms with Crippen molar-refractivity contribution in [2.45, 2.75) is 0 Å². The molecule has 140 valence electrons. The second-order valence-corrected chi connectivity index (χ2v) is 7.65. The second-order valence-electron chi connectivity index (χ2n) is 6.78. The Kier molecular flexibility index (Phi) is 4.59. The topological polar surface area (TPSA) is 17.8 Å². The van der Waals surface area contributed by atoms with Gasteiger partial charge in [-0.3, -0.25) is 4.57 Å². The van der Waals surface area contributed by atoms with Gasteiger partial charge in [-0.15, -0.1) is 0 Å². The van der Waals surface area contributed by atoms with E-state index in [1.165, 1.54) is 0 Å². The molecule has 0 aliphatic carbocycles. The average molecular weight is 415 g/mol. The van der Waals surface area contributed by atoms with Crippen LogP contribution in [0.1, 0.15) is 0 Å². The molecule has 5 rings (SSSR count). The van der Waals surface area contributed by atoms with Crippen LogP contribution in [0.4, 0.5) is 0 Å². The van der Waals surface area contributed by atoms with Crippen LogP contribution in [-0.2, 0) is 0 Å². The summed E-state index contributed by atoms with van der Waals surface area (Å²) in [4.78, 5) is 4.64. The SMILES string of the molecule is Clc1ccc(-c2c(-c3ccc(Cl)cc3)n(-c3ccccn3)c3ccccc23)cc1. The van der Waals surface area contributed by atoms with Crippen molar-refractivity contribution >= 4 is 34.1 Å². The van der Waals surface area contributed by atoms with E-state index in [0.29, 0.717) is 5.02 Å². The molecular formula is C25H16Cl2N2. The smallest absolute Gasteiger partial charge is 0.137 e. The van der Waals surface area contributed by atoms with Crippen LogP contribution in [-0.4, -0.2) is 9.55 Å². The van der Waals surface area contributed by atoms with Gasteiger partial charge in [0.25, 0.3) is 0 Å². The van der Waals surface area contributed by atoms with E-state index in [4.69, 9.17) is 23.2 Å². The summed E-state index contributed by atoms with van der Waals surface area (Å²) < 4.78 is 2.21. The van der Waals surface area contributed by atoms with Crippen molar-refractivity contribution in [1.29, 1.82) is 0 Å². The molecule has 4 heteroatoms. The molecule has 5 aromatic rings. The van der Waals surface area contributed by atoms with Gasteiger partial charge in [0.15, 0.2) is 0 Å². The molecule has 0 fully saturated rings. The lowest BCUT2D eigenvalue weighted by Crippen LogP contribution is -1.99. The zero-order valence-electron chi connectivity index (χ0n) is 15.4. The van der Waals surface area contributed by atoms with Gasteiger partial charge in [0.2, 0.25) is 0 Å². The summed E-state index contributed by atoms with van der Waals surface area (Å²) in [5, 5.41) is 2.59. The first kappa shape index (κ1) is 18.0. The minimum Gasteiger partial charge on any atom is -0.293 e. The Balaban J connectivity index is 1.93. The molecule has 2 aromatic heterocycles. The summed E-state index contributed by atoms with van der Waals surface area (Å²) in [5.41, 5.74) is 5.49. The largest absolute Gasteiger partial charge is 0.293 e. The van der Waals surface area contributed by atoms with E-state index < -0.39 is 0 Å². The van der Waals surface area contributed by atoms with Crippen LogP contribution >= 0.6 is 23.2 Å². The highest BCUT2D eigenvalue weighted by molar-refractivity contribution is 6.31. The highest BCUT2D eigenvalue weighted by Gasteiger charge is 2.21. The van der Waals surface area contributed by atoms with E-state index >= 15 is 0 Å². The fraction of sp³-hybridized carbons (Fsp3) is 0. The number of aromatic nitrogens is 2. The highest BCUT2D eigenvalue weighted by atomic mass is 35.5. The Morgan fingerprint density at radius 1 is 0.621 bits per heavy atom. The first-order valence-electron chi connectivity index (χ1n) is 9.29. The third-order valence-corrected chi connectivity index (χ3v) is 5.51. The molecule has 0 amide bonds. The number of halogens is 2. The first-order valence-corrected chi connectivity index (χ1v) is 10.0. The van der Waals surface area contributed by atoms with Gasteiger partial charge >= 0.3 is 0 Å². The lowest BCUT2D eigenvalue weighted by Gasteiger charge is -2.12. The Labute approximate surface area is 179 Å². The quantitative estimate of drug-likeness (QED) is 0.296. The van der Waals surface area contributed by atoms with Crippen molar-refractivity contribution in [2.75, 3.05) is 0 Å². The molecule has 0 spiro atoms. The van der Waals surface area contributed by atoms with E-state index in [-0.39, 0.29) is 0 Å². The standard InChI is InChI=1S/C25H16Cl2N2/c26-19-12-8-17(9-13-19)24-21-5-1-2-6-22(21)29(23-7-3-4-16-28-23)25(24)18-10-14-20(27)15-11-18/h1-16H. The molecule has 0 N–H and O–H groups in total. The van der Waals surface area contributed by atoms with Crippen LogP contribution in [0.15, 0.2) is 97.2 Å². The number of fused-ring (bicyclic) bond motifs is 1. The van der Waals surface area contributed by atoms with E-state index in [9.17, 15) is 0 Å². The van der Waals surface area contributed by atoms with Crippen molar-refractivity contribution < 1.29 is 0 Å². The van der Waals surface area contributed by atoms with Crippen LogP contribution in [0.25, 0.3) is 39.1 Å². The van der Waals surface area contributed by atoms with Gasteiger partial charge in [-0.05, 0) is 53.6 Å². The lowest BCUT2D eigenvalue weighted by molar-refractivity contribution is 1.05. The van der Waals surface area contributed by atoms with Crippen molar-refractivity contribution in [1.82, 2.24) is 9.55 Å². The van der Waals surface area contributed by atoms with Gasteiger partial charge in [0.1, 0.15) is 5.82 Å². The van der Waals surface area contributed by atoms with Crippen LogP contribution in [0, 0.1) is 0 Å². The normalized spacial score (nSPS) is 11.1. The van der Waals surface area contributed by atoms with Crippen LogP contribution in [0.5, 0.6) is 0 Å². The Morgan fingerprint density at radius 3 is 1.90 bits per heavy atom. The second kappa shape index (κ2) is 7.40. The molecule has 0 aliphatic heterocycles. The fourth-order valence-electron chi connectivity index (χ4n) is 3.75. The molecule has 0 bridgehead atoms. The van der Waals surface area contributed by atoms with E-state index in [0.717, 1.165) is 44.1 Å². The van der Waals surface area contributed by atoms with Gasteiger partial charge in [0.05, 0.1) is 11.2 Å². The third-order valence-electron chi connectivity index (χ3n) is 5.00. The van der Waals surface area contributed by atoms with Crippen molar-refractivity contribution in [3.63, 3.8) is 0 Å². The van der Waals surface area contributed by atoms with Crippen molar-refractivity contribution in [2.24, 2.45) is 0 Å². The predicted octanol–water partition coefficient (Wildman–Crippen LogP) is 7.67. The number of hydrogen-bond acceptors (Lipinski definition) is 1. The van der Waals surface area contributed by atoms with Crippen LogP contribution < -0.4 is 0 Å². The average Bonchev–Trinajstić information content (AvgIpc) is 3.11. The molecule has 29 heavy (non-hydrogen) atoms. The van der Waals surface area contributed by atoms with Crippen molar-refractivity contribution in [3.8, 4) is 28.2 Å². The zero-order valence-corrected chi connectivity index (χ0v) is 16.9. The predicted molar refractivity (Wildman–Crippen MR) is 122 cm³/mol. The van der Waals surface area contributed by atoms with E-state index in [1.54, 1.807) is 0 Å². The molecule has 0 unspecified atom stereocenters. The van der Waals surface area contributed by atoms with Crippen LogP contribution in [0.2, 0.25) is 10.0 Å². The maximum Gasteiger partial charge on any atom is 0.137 e. The number of rotatable bonds is 3. The minimum absolute atomic E-state index is 0.710. The van der Waals surface area contributed by atoms with Gasteiger partial charge < -0.3 is 0 Å². The Hall–Kier alpha value is -3.07. The monoisotopic (exact) mass is 414 g/mol. The molecule has 3 aromatic carbocycles. The summed E-state index contributed by atoms with van der Waals surface area (Å²) in [7, 11) is 0. The number of para-hydroxylation sites is 1. The summed E-state index contributed by atoms with van der Waals surface area (Å²) in [6.07, 6.45) is 1.82. The first-order chi connectivity index (χ1) is 14.2. The molecule has 2 nitrogen and oxygen atoms in total. The molecule has 2 heterocycles. The van der Waals surface area contributed by atoms with Gasteiger partial charge in [-0.2, -0.15) is 0 Å². The number of hydrogen-bond donors (Lipinski definition) is 0. The van der Waals surface area contributed by atoms with Gasteiger partial charge in [-0.25, -0.2) is 4.98 Å². The Bertz CT molecular complexity index is 1290. The summed E-state index contributed by atoms with van der Waals surface area (Å²) in [6.45, 7) is 0. The summed E-state index contributed by atoms with van der Waals surface area (Å²) in [6, 6.07) is 30.3. The third kappa shape index (κ3) is 3.21. The maximum absolute atomic E-state index is 6.18. The van der Waals surface area contributed by atoms with E-state index in [2.05, 4.69) is 58.1 Å². The zero-order chi connectivity index (χ0) is 19.8. The minimum atomic E-state index is 0.710. The molecule has 0 saturated carbocycles. The van der Waals surface area contributed by atoms with Gasteiger partial charge in [0, 0.05) is 27.2 Å².